The fourth-order valence-corrected chi connectivity index (χ4v) is 4.27. The highest BCUT2D eigenvalue weighted by Crippen LogP contribution is 2.33. The molecule has 194 valence electrons. The predicted molar refractivity (Wildman–Crippen MR) is 148 cm³/mol. The Labute approximate surface area is 220 Å². The molecule has 0 aliphatic heterocycles. The van der Waals surface area contributed by atoms with E-state index in [1.807, 2.05) is 85.9 Å². The third-order valence-corrected chi connectivity index (χ3v) is 6.43. The van der Waals surface area contributed by atoms with Crippen LogP contribution in [0.2, 0.25) is 0 Å². The molecule has 1 aromatic heterocycles. The summed E-state index contributed by atoms with van der Waals surface area (Å²) in [6.45, 7) is 6.70. The van der Waals surface area contributed by atoms with Crippen LogP contribution in [0.3, 0.4) is 0 Å². The highest BCUT2D eigenvalue weighted by atomic mass is 16.5. The van der Waals surface area contributed by atoms with Gasteiger partial charge in [0.1, 0.15) is 5.69 Å². The third kappa shape index (κ3) is 7.52. The van der Waals surface area contributed by atoms with Gasteiger partial charge >= 0.3 is 0 Å². The van der Waals surface area contributed by atoms with E-state index in [1.54, 1.807) is 0 Å². The molecular formula is C31H37N3O3. The van der Waals surface area contributed by atoms with Gasteiger partial charge in [0.2, 0.25) is 5.88 Å². The van der Waals surface area contributed by atoms with Gasteiger partial charge in [-0.3, -0.25) is 4.90 Å². The molecule has 0 aliphatic carbocycles. The lowest BCUT2D eigenvalue weighted by molar-refractivity contribution is 0.00714. The Hall–Kier alpha value is -3.45. The standard InChI is InChI=1S/C31H37N3O3/c1-24(2)33(3)31-29(30(32-37-31)27-17-11-6-12-18-27)21-34(19-25-13-7-4-8-14-25)20-28(35)23-36-22-26-15-9-5-10-16-26/h4-18,24,28,35H,19-23H2,1-3H3. The molecular weight excluding hydrogens is 462 g/mol. The van der Waals surface area contributed by atoms with E-state index in [2.05, 4.69) is 40.9 Å². The lowest BCUT2D eigenvalue weighted by atomic mass is 10.1. The second kappa shape index (κ2) is 13.2. The van der Waals surface area contributed by atoms with Gasteiger partial charge in [0.05, 0.1) is 24.9 Å². The summed E-state index contributed by atoms with van der Waals surface area (Å²) in [7, 11) is 2.03. The molecule has 0 spiro atoms. The molecule has 0 aliphatic rings. The van der Waals surface area contributed by atoms with Gasteiger partial charge in [-0.15, -0.1) is 0 Å². The van der Waals surface area contributed by atoms with Gasteiger partial charge in [-0.05, 0) is 25.0 Å². The summed E-state index contributed by atoms with van der Waals surface area (Å²) in [4.78, 5) is 4.34. The van der Waals surface area contributed by atoms with Gasteiger partial charge in [-0.1, -0.05) is 96.2 Å². The molecule has 0 saturated heterocycles. The maximum atomic E-state index is 10.9. The van der Waals surface area contributed by atoms with Gasteiger partial charge in [-0.2, -0.15) is 0 Å². The van der Waals surface area contributed by atoms with Crippen molar-refractivity contribution in [1.82, 2.24) is 10.1 Å². The second-order valence-electron chi connectivity index (χ2n) is 9.70. The Balaban J connectivity index is 1.55. The number of nitrogens with zero attached hydrogens (tertiary/aromatic N) is 3. The highest BCUT2D eigenvalue weighted by Gasteiger charge is 2.25. The molecule has 0 fully saturated rings. The van der Waals surface area contributed by atoms with Gasteiger partial charge in [0.25, 0.3) is 0 Å². The molecule has 1 unspecified atom stereocenters. The van der Waals surface area contributed by atoms with Crippen LogP contribution < -0.4 is 4.90 Å². The van der Waals surface area contributed by atoms with Crippen LogP contribution in [0.5, 0.6) is 0 Å². The molecule has 1 heterocycles. The van der Waals surface area contributed by atoms with Crippen molar-refractivity contribution in [2.24, 2.45) is 0 Å². The first-order valence-corrected chi connectivity index (χ1v) is 12.8. The maximum absolute atomic E-state index is 10.9. The van der Waals surface area contributed by atoms with E-state index in [1.165, 1.54) is 5.56 Å². The van der Waals surface area contributed by atoms with Crippen molar-refractivity contribution in [1.29, 1.82) is 0 Å². The van der Waals surface area contributed by atoms with Crippen molar-refractivity contribution in [2.45, 2.75) is 45.7 Å². The van der Waals surface area contributed by atoms with Crippen LogP contribution in [-0.2, 0) is 24.4 Å². The van der Waals surface area contributed by atoms with Crippen LogP contribution in [0.15, 0.2) is 95.5 Å². The Morgan fingerprint density at radius 1 is 0.838 bits per heavy atom. The molecule has 0 saturated carbocycles. The summed E-state index contributed by atoms with van der Waals surface area (Å²) in [5.41, 5.74) is 5.12. The van der Waals surface area contributed by atoms with Crippen LogP contribution in [0.25, 0.3) is 11.3 Å². The molecule has 37 heavy (non-hydrogen) atoms. The van der Waals surface area contributed by atoms with Crippen molar-refractivity contribution in [2.75, 3.05) is 25.1 Å². The molecule has 6 heteroatoms. The summed E-state index contributed by atoms with van der Waals surface area (Å²) in [5.74, 6) is 0.752. The number of rotatable bonds is 13. The molecule has 0 bridgehead atoms. The lowest BCUT2D eigenvalue weighted by Gasteiger charge is -2.27. The molecule has 6 nitrogen and oxygen atoms in total. The van der Waals surface area contributed by atoms with Gasteiger partial charge in [0, 0.05) is 38.3 Å². The zero-order chi connectivity index (χ0) is 26.0. The average molecular weight is 500 g/mol. The quantitative estimate of drug-likeness (QED) is 0.252. The van der Waals surface area contributed by atoms with E-state index in [0.29, 0.717) is 26.2 Å². The summed E-state index contributed by atoms with van der Waals surface area (Å²) in [5, 5.41) is 15.4. The van der Waals surface area contributed by atoms with Crippen molar-refractivity contribution in [3.8, 4) is 11.3 Å². The number of benzene rings is 3. The summed E-state index contributed by atoms with van der Waals surface area (Å²) in [6.07, 6.45) is -0.640. The normalized spacial score (nSPS) is 12.3. The van der Waals surface area contributed by atoms with Crippen molar-refractivity contribution < 1.29 is 14.4 Å². The topological polar surface area (TPSA) is 62.0 Å². The minimum absolute atomic E-state index is 0.245. The van der Waals surface area contributed by atoms with Gasteiger partial charge < -0.3 is 19.3 Å². The highest BCUT2D eigenvalue weighted by molar-refractivity contribution is 5.68. The number of hydrogen-bond donors (Lipinski definition) is 1. The second-order valence-corrected chi connectivity index (χ2v) is 9.70. The van der Waals surface area contributed by atoms with Crippen molar-refractivity contribution in [3.63, 3.8) is 0 Å². The summed E-state index contributed by atoms with van der Waals surface area (Å²) >= 11 is 0. The van der Waals surface area contributed by atoms with E-state index in [-0.39, 0.29) is 12.6 Å². The third-order valence-electron chi connectivity index (χ3n) is 6.43. The largest absolute Gasteiger partial charge is 0.389 e. The summed E-state index contributed by atoms with van der Waals surface area (Å²) in [6, 6.07) is 30.7. The number of aromatic nitrogens is 1. The molecule has 3 aromatic carbocycles. The first-order chi connectivity index (χ1) is 18.0. The number of anilines is 1. The minimum atomic E-state index is -0.640. The van der Waals surface area contributed by atoms with Crippen LogP contribution in [0.4, 0.5) is 5.88 Å². The summed E-state index contributed by atoms with van der Waals surface area (Å²) < 4.78 is 11.7. The Morgan fingerprint density at radius 2 is 1.43 bits per heavy atom. The zero-order valence-corrected chi connectivity index (χ0v) is 22.0. The van der Waals surface area contributed by atoms with Crippen LogP contribution in [0.1, 0.15) is 30.5 Å². The Kier molecular flexibility index (Phi) is 9.49. The predicted octanol–water partition coefficient (Wildman–Crippen LogP) is 5.77. The van der Waals surface area contributed by atoms with Crippen LogP contribution in [-0.4, -0.2) is 47.5 Å². The monoisotopic (exact) mass is 499 g/mol. The first-order valence-electron chi connectivity index (χ1n) is 12.8. The van der Waals surface area contributed by atoms with E-state index in [9.17, 15) is 5.11 Å². The fourth-order valence-electron chi connectivity index (χ4n) is 4.27. The maximum Gasteiger partial charge on any atom is 0.232 e. The van der Waals surface area contributed by atoms with E-state index >= 15 is 0 Å². The minimum Gasteiger partial charge on any atom is -0.389 e. The van der Waals surface area contributed by atoms with E-state index < -0.39 is 6.10 Å². The molecule has 1 atom stereocenters. The van der Waals surface area contributed by atoms with Crippen molar-refractivity contribution in [3.05, 3.63) is 108 Å². The molecule has 4 rings (SSSR count). The smallest absolute Gasteiger partial charge is 0.232 e. The Bertz CT molecular complexity index is 1200. The average Bonchev–Trinajstić information content (AvgIpc) is 3.33. The molecule has 4 aromatic rings. The number of aliphatic hydroxyl groups excluding tert-OH is 1. The van der Waals surface area contributed by atoms with Gasteiger partial charge in [0.15, 0.2) is 0 Å². The van der Waals surface area contributed by atoms with Crippen LogP contribution >= 0.6 is 0 Å². The Morgan fingerprint density at radius 3 is 2.05 bits per heavy atom. The lowest BCUT2D eigenvalue weighted by Crippen LogP contribution is -2.35. The molecule has 0 radical (unpaired) electrons. The first kappa shape index (κ1) is 26.6. The van der Waals surface area contributed by atoms with E-state index in [0.717, 1.165) is 28.3 Å². The SMILES string of the molecule is CC(C)N(C)c1onc(-c2ccccc2)c1CN(Cc1ccccc1)CC(O)COCc1ccccc1. The number of hydrogen-bond acceptors (Lipinski definition) is 6. The van der Waals surface area contributed by atoms with E-state index in [4.69, 9.17) is 9.26 Å². The zero-order valence-electron chi connectivity index (χ0n) is 22.0. The van der Waals surface area contributed by atoms with Crippen molar-refractivity contribution >= 4 is 5.88 Å². The number of aliphatic hydroxyl groups is 1. The van der Waals surface area contributed by atoms with Crippen LogP contribution in [0, 0.1) is 0 Å². The molecule has 1 N–H and O–H groups in total. The fraction of sp³-hybridized carbons (Fsp3) is 0.323. The van der Waals surface area contributed by atoms with Gasteiger partial charge in [-0.25, -0.2) is 0 Å². The molecule has 0 amide bonds. The number of ether oxygens (including phenoxy) is 1.